The van der Waals surface area contributed by atoms with Crippen molar-refractivity contribution in [1.82, 2.24) is 9.80 Å². The highest BCUT2D eigenvalue weighted by molar-refractivity contribution is 7.09. The van der Waals surface area contributed by atoms with Gasteiger partial charge in [0.1, 0.15) is 11.6 Å². The van der Waals surface area contributed by atoms with Crippen molar-refractivity contribution >= 4 is 23.3 Å². The molecule has 3 rings (SSSR count). The Bertz CT molecular complexity index is 718. The molecule has 2 heterocycles. The highest BCUT2D eigenvalue weighted by Crippen LogP contribution is 2.14. The molecule has 6 heteroatoms. The molecule has 1 fully saturated rings. The smallest absolute Gasteiger partial charge is 0.246 e. The molecule has 132 valence electrons. The maximum absolute atomic E-state index is 13.6. The molecule has 1 aromatic heterocycles. The number of carbonyl (C=O) groups is 1. The predicted molar refractivity (Wildman–Crippen MR) is 96.4 cm³/mol. The largest absolute Gasteiger partial charge is 0.337 e. The molecule has 0 bridgehead atoms. The van der Waals surface area contributed by atoms with Gasteiger partial charge in [0.15, 0.2) is 0 Å². The Morgan fingerprint density at radius 2 is 1.80 bits per heavy atom. The van der Waals surface area contributed by atoms with E-state index in [0.717, 1.165) is 26.1 Å². The van der Waals surface area contributed by atoms with E-state index in [9.17, 15) is 13.6 Å². The summed E-state index contributed by atoms with van der Waals surface area (Å²) in [6.07, 6.45) is 3.50. The number of rotatable bonds is 5. The Kier molecular flexibility index (Phi) is 5.94. The van der Waals surface area contributed by atoms with Gasteiger partial charge in [-0.2, -0.15) is 0 Å². The fourth-order valence-electron chi connectivity index (χ4n) is 2.84. The summed E-state index contributed by atoms with van der Waals surface area (Å²) >= 11 is 1.76. The van der Waals surface area contributed by atoms with Crippen LogP contribution in [0.1, 0.15) is 10.4 Å². The highest BCUT2D eigenvalue weighted by atomic mass is 32.1. The van der Waals surface area contributed by atoms with Crippen LogP contribution in [-0.4, -0.2) is 48.4 Å². The van der Waals surface area contributed by atoms with Gasteiger partial charge in [-0.1, -0.05) is 12.1 Å². The lowest BCUT2D eigenvalue weighted by Crippen LogP contribution is -2.48. The van der Waals surface area contributed by atoms with Crippen molar-refractivity contribution in [3.63, 3.8) is 0 Å². The molecule has 2 aromatic rings. The molecule has 0 atom stereocenters. The maximum Gasteiger partial charge on any atom is 0.246 e. The summed E-state index contributed by atoms with van der Waals surface area (Å²) in [4.78, 5) is 17.6. The Labute approximate surface area is 150 Å². The van der Waals surface area contributed by atoms with Crippen LogP contribution in [0, 0.1) is 11.6 Å². The SMILES string of the molecule is O=C(C=Cc1c(F)cccc1F)N1CCN(CCc2cccs2)CC1. The minimum Gasteiger partial charge on any atom is -0.337 e. The lowest BCUT2D eigenvalue weighted by Gasteiger charge is -2.34. The quantitative estimate of drug-likeness (QED) is 0.761. The van der Waals surface area contributed by atoms with E-state index < -0.39 is 11.6 Å². The van der Waals surface area contributed by atoms with Gasteiger partial charge >= 0.3 is 0 Å². The summed E-state index contributed by atoms with van der Waals surface area (Å²) in [6, 6.07) is 7.86. The molecular formula is C19H20F2N2OS. The first-order valence-electron chi connectivity index (χ1n) is 8.29. The second-order valence-corrected chi connectivity index (χ2v) is 7.00. The summed E-state index contributed by atoms with van der Waals surface area (Å²) in [7, 11) is 0. The number of thiophene rings is 1. The number of benzene rings is 1. The normalized spacial score (nSPS) is 15.8. The molecule has 0 saturated carbocycles. The molecule has 1 saturated heterocycles. The van der Waals surface area contributed by atoms with Gasteiger partial charge in [-0.25, -0.2) is 8.78 Å². The number of hydrogen-bond acceptors (Lipinski definition) is 3. The van der Waals surface area contributed by atoms with Gasteiger partial charge in [-0.3, -0.25) is 9.69 Å². The van der Waals surface area contributed by atoms with Gasteiger partial charge in [0.05, 0.1) is 0 Å². The molecule has 1 aromatic carbocycles. The Morgan fingerprint density at radius 3 is 2.44 bits per heavy atom. The Morgan fingerprint density at radius 1 is 1.08 bits per heavy atom. The number of hydrogen-bond donors (Lipinski definition) is 0. The molecule has 25 heavy (non-hydrogen) atoms. The third kappa shape index (κ3) is 4.74. The van der Waals surface area contributed by atoms with E-state index in [2.05, 4.69) is 22.4 Å². The van der Waals surface area contributed by atoms with E-state index in [0.29, 0.717) is 13.1 Å². The predicted octanol–water partition coefficient (Wildman–Crippen LogP) is 3.43. The number of halogens is 2. The number of piperazine rings is 1. The van der Waals surface area contributed by atoms with Crippen molar-refractivity contribution in [2.45, 2.75) is 6.42 Å². The molecule has 1 amide bonds. The van der Waals surface area contributed by atoms with E-state index in [1.807, 2.05) is 0 Å². The average Bonchev–Trinajstić information content (AvgIpc) is 3.13. The van der Waals surface area contributed by atoms with Crippen molar-refractivity contribution < 1.29 is 13.6 Å². The lowest BCUT2D eigenvalue weighted by molar-refractivity contribution is -0.127. The van der Waals surface area contributed by atoms with Crippen LogP contribution in [0.2, 0.25) is 0 Å². The van der Waals surface area contributed by atoms with Gasteiger partial charge in [0, 0.05) is 49.2 Å². The molecule has 0 unspecified atom stereocenters. The van der Waals surface area contributed by atoms with E-state index in [4.69, 9.17) is 0 Å². The second-order valence-electron chi connectivity index (χ2n) is 5.96. The molecule has 0 N–H and O–H groups in total. The van der Waals surface area contributed by atoms with Gasteiger partial charge in [-0.05, 0) is 36.1 Å². The van der Waals surface area contributed by atoms with Crippen LogP contribution in [0.15, 0.2) is 41.8 Å². The molecule has 0 radical (unpaired) electrons. The molecule has 0 spiro atoms. The zero-order valence-corrected chi connectivity index (χ0v) is 14.6. The van der Waals surface area contributed by atoms with E-state index in [1.54, 1.807) is 16.2 Å². The first kappa shape index (κ1) is 17.8. The summed E-state index contributed by atoms with van der Waals surface area (Å²) in [5.41, 5.74) is -0.176. The van der Waals surface area contributed by atoms with Crippen LogP contribution in [0.3, 0.4) is 0 Å². The van der Waals surface area contributed by atoms with E-state index in [-0.39, 0.29) is 11.5 Å². The van der Waals surface area contributed by atoms with Crippen LogP contribution in [0.25, 0.3) is 6.08 Å². The van der Waals surface area contributed by atoms with Gasteiger partial charge in [0.2, 0.25) is 5.91 Å². The zero-order valence-electron chi connectivity index (χ0n) is 13.8. The number of amides is 1. The summed E-state index contributed by atoms with van der Waals surface area (Å²) in [5, 5.41) is 2.08. The van der Waals surface area contributed by atoms with Crippen molar-refractivity contribution in [3.05, 3.63) is 63.9 Å². The number of nitrogens with zero attached hydrogens (tertiary/aromatic N) is 2. The van der Waals surface area contributed by atoms with Crippen LogP contribution >= 0.6 is 11.3 Å². The second kappa shape index (κ2) is 8.36. The monoisotopic (exact) mass is 362 g/mol. The van der Waals surface area contributed by atoms with Crippen molar-refractivity contribution in [1.29, 1.82) is 0 Å². The minimum atomic E-state index is -0.664. The first-order chi connectivity index (χ1) is 12.1. The van der Waals surface area contributed by atoms with Crippen LogP contribution in [-0.2, 0) is 11.2 Å². The van der Waals surface area contributed by atoms with Crippen molar-refractivity contribution in [2.24, 2.45) is 0 Å². The zero-order chi connectivity index (χ0) is 17.6. The third-order valence-electron chi connectivity index (χ3n) is 4.33. The van der Waals surface area contributed by atoms with Crippen LogP contribution in [0.5, 0.6) is 0 Å². The van der Waals surface area contributed by atoms with Crippen molar-refractivity contribution in [2.75, 3.05) is 32.7 Å². The lowest BCUT2D eigenvalue weighted by atomic mass is 10.1. The summed E-state index contributed by atoms with van der Waals surface area (Å²) < 4.78 is 27.1. The fraction of sp³-hybridized carbons (Fsp3) is 0.316. The van der Waals surface area contributed by atoms with Gasteiger partial charge < -0.3 is 4.90 Å². The molecule has 1 aliphatic heterocycles. The van der Waals surface area contributed by atoms with E-state index >= 15 is 0 Å². The average molecular weight is 362 g/mol. The highest BCUT2D eigenvalue weighted by Gasteiger charge is 2.19. The van der Waals surface area contributed by atoms with Crippen LogP contribution in [0.4, 0.5) is 8.78 Å². The standard InChI is InChI=1S/C19H20F2N2OS/c20-17-4-1-5-18(21)16(17)6-7-19(24)23-12-10-22(11-13-23)9-8-15-3-2-14-25-15/h1-7,14H,8-13H2. The molecule has 1 aliphatic rings. The van der Waals surface area contributed by atoms with Crippen molar-refractivity contribution in [3.8, 4) is 0 Å². The maximum atomic E-state index is 13.6. The third-order valence-corrected chi connectivity index (χ3v) is 5.27. The van der Waals surface area contributed by atoms with E-state index in [1.165, 1.54) is 35.2 Å². The van der Waals surface area contributed by atoms with Gasteiger partial charge in [-0.15, -0.1) is 11.3 Å². The number of carbonyl (C=O) groups excluding carboxylic acids is 1. The topological polar surface area (TPSA) is 23.6 Å². The Hall–Kier alpha value is -2.05. The minimum absolute atomic E-state index is 0.176. The van der Waals surface area contributed by atoms with Gasteiger partial charge in [0.25, 0.3) is 0 Å². The molecular weight excluding hydrogens is 342 g/mol. The summed E-state index contributed by atoms with van der Waals surface area (Å²) in [6.45, 7) is 3.89. The summed E-state index contributed by atoms with van der Waals surface area (Å²) in [5.74, 6) is -1.54. The Balaban J connectivity index is 1.49. The first-order valence-corrected chi connectivity index (χ1v) is 9.17. The molecule has 0 aliphatic carbocycles. The molecule has 3 nitrogen and oxygen atoms in total. The van der Waals surface area contributed by atoms with Crippen LogP contribution < -0.4 is 0 Å². The fourth-order valence-corrected chi connectivity index (χ4v) is 3.54.